The van der Waals surface area contributed by atoms with Crippen LogP contribution < -0.4 is 10.5 Å². The molecule has 0 aromatic heterocycles. The number of non-ortho nitro benzene ring substituents is 1. The highest BCUT2D eigenvalue weighted by atomic mass is 79.9. The zero-order chi connectivity index (χ0) is 15.6. The molecule has 2 aromatic carbocycles. The summed E-state index contributed by atoms with van der Waals surface area (Å²) in [6.07, 6.45) is 0. The maximum atomic E-state index is 13.9. The summed E-state index contributed by atoms with van der Waals surface area (Å²) in [5.74, 6) is -0.449. The summed E-state index contributed by atoms with van der Waals surface area (Å²) >= 11 is 3.16. The minimum Gasteiger partial charge on any atom is -0.454 e. The summed E-state index contributed by atoms with van der Waals surface area (Å²) in [5, 5.41) is 10.8. The second-order valence-corrected chi connectivity index (χ2v) is 5.37. The zero-order valence-electron chi connectivity index (χ0n) is 11.0. The van der Waals surface area contributed by atoms with E-state index in [1.165, 1.54) is 30.3 Å². The van der Waals surface area contributed by atoms with Crippen LogP contribution in [0.2, 0.25) is 0 Å². The lowest BCUT2D eigenvalue weighted by Gasteiger charge is -2.14. The van der Waals surface area contributed by atoms with Crippen LogP contribution >= 0.6 is 15.9 Å². The topological polar surface area (TPSA) is 78.4 Å². The van der Waals surface area contributed by atoms with Crippen LogP contribution in [0, 0.1) is 15.9 Å². The zero-order valence-corrected chi connectivity index (χ0v) is 12.6. The van der Waals surface area contributed by atoms with Crippen LogP contribution in [-0.4, -0.2) is 4.92 Å². The highest BCUT2D eigenvalue weighted by Crippen LogP contribution is 2.34. The van der Waals surface area contributed by atoms with Crippen LogP contribution in [0.15, 0.2) is 40.9 Å². The van der Waals surface area contributed by atoms with Crippen molar-refractivity contribution >= 4 is 21.6 Å². The molecule has 1 unspecified atom stereocenters. The lowest BCUT2D eigenvalue weighted by molar-refractivity contribution is -0.385. The quantitative estimate of drug-likeness (QED) is 0.655. The number of ether oxygens (including phenoxy) is 1. The number of nitrogens with two attached hydrogens (primary N) is 1. The minimum absolute atomic E-state index is 0.0279. The number of nitrogens with zero attached hydrogens (tertiary/aromatic N) is 1. The van der Waals surface area contributed by atoms with Crippen molar-refractivity contribution in [3.05, 3.63) is 62.4 Å². The summed E-state index contributed by atoms with van der Waals surface area (Å²) in [7, 11) is 0. The number of halogens is 2. The van der Waals surface area contributed by atoms with Crippen LogP contribution in [0.5, 0.6) is 11.5 Å². The van der Waals surface area contributed by atoms with Gasteiger partial charge in [0, 0.05) is 22.1 Å². The second-order valence-electron chi connectivity index (χ2n) is 4.45. The first-order valence-corrected chi connectivity index (χ1v) is 6.84. The molecule has 0 bridgehead atoms. The molecule has 0 spiro atoms. The maximum absolute atomic E-state index is 13.9. The summed E-state index contributed by atoms with van der Waals surface area (Å²) in [4.78, 5) is 10.3. The molecule has 2 aromatic rings. The number of nitro groups is 1. The fraction of sp³-hybridized carbons (Fsp3) is 0.143. The van der Waals surface area contributed by atoms with Gasteiger partial charge in [0.1, 0.15) is 5.75 Å². The Morgan fingerprint density at radius 1 is 1.38 bits per heavy atom. The van der Waals surface area contributed by atoms with Crippen molar-refractivity contribution in [3.8, 4) is 11.5 Å². The molecule has 0 saturated carbocycles. The average Bonchev–Trinajstić information content (AvgIpc) is 2.40. The molecule has 0 radical (unpaired) electrons. The van der Waals surface area contributed by atoms with Crippen molar-refractivity contribution in [2.75, 3.05) is 0 Å². The van der Waals surface area contributed by atoms with E-state index < -0.39 is 16.8 Å². The third-order valence-electron chi connectivity index (χ3n) is 2.77. The van der Waals surface area contributed by atoms with Gasteiger partial charge in [-0.15, -0.1) is 0 Å². The number of hydrogen-bond donors (Lipinski definition) is 1. The molecule has 0 aliphatic carbocycles. The van der Waals surface area contributed by atoms with Gasteiger partial charge in [0.15, 0.2) is 11.6 Å². The number of para-hydroxylation sites is 1. The van der Waals surface area contributed by atoms with Crippen molar-refractivity contribution in [1.29, 1.82) is 0 Å². The number of benzene rings is 2. The van der Waals surface area contributed by atoms with E-state index in [9.17, 15) is 14.5 Å². The maximum Gasteiger partial charge on any atom is 0.274 e. The summed E-state index contributed by atoms with van der Waals surface area (Å²) in [5.41, 5.74) is 6.11. The first kappa shape index (κ1) is 15.4. The van der Waals surface area contributed by atoms with Crippen LogP contribution in [0.3, 0.4) is 0 Å². The largest absolute Gasteiger partial charge is 0.454 e. The Labute approximate surface area is 128 Å². The van der Waals surface area contributed by atoms with Gasteiger partial charge in [-0.25, -0.2) is 4.39 Å². The predicted octanol–water partition coefficient (Wildman–Crippen LogP) is 4.31. The molecule has 0 heterocycles. The molecule has 0 aliphatic heterocycles. The molecule has 0 fully saturated rings. The predicted molar refractivity (Wildman–Crippen MR) is 79.9 cm³/mol. The van der Waals surface area contributed by atoms with E-state index >= 15 is 0 Å². The smallest absolute Gasteiger partial charge is 0.274 e. The highest BCUT2D eigenvalue weighted by molar-refractivity contribution is 9.10. The molecule has 0 saturated heterocycles. The van der Waals surface area contributed by atoms with E-state index in [0.29, 0.717) is 10.0 Å². The summed E-state index contributed by atoms with van der Waals surface area (Å²) in [6, 6.07) is 8.07. The van der Waals surface area contributed by atoms with E-state index in [0.717, 1.165) is 0 Å². The molecule has 0 amide bonds. The highest BCUT2D eigenvalue weighted by Gasteiger charge is 2.16. The van der Waals surface area contributed by atoms with E-state index in [1.807, 2.05) is 0 Å². The third kappa shape index (κ3) is 3.56. The Hall–Kier alpha value is -1.99. The lowest BCUT2D eigenvalue weighted by Crippen LogP contribution is -2.07. The van der Waals surface area contributed by atoms with E-state index in [-0.39, 0.29) is 17.2 Å². The third-order valence-corrected chi connectivity index (χ3v) is 3.23. The number of nitro benzene ring substituents is 1. The van der Waals surface area contributed by atoms with Gasteiger partial charge < -0.3 is 10.5 Å². The van der Waals surface area contributed by atoms with Crippen molar-refractivity contribution < 1.29 is 14.1 Å². The fourth-order valence-corrected chi connectivity index (χ4v) is 2.28. The Morgan fingerprint density at radius 2 is 2.10 bits per heavy atom. The van der Waals surface area contributed by atoms with Gasteiger partial charge in [0.2, 0.25) is 0 Å². The molecule has 2 rings (SSSR count). The Bertz CT molecular complexity index is 692. The van der Waals surface area contributed by atoms with Crippen molar-refractivity contribution in [1.82, 2.24) is 0 Å². The number of hydrogen-bond acceptors (Lipinski definition) is 4. The van der Waals surface area contributed by atoms with Gasteiger partial charge in [-0.1, -0.05) is 28.1 Å². The first-order chi connectivity index (χ1) is 9.88. The molecule has 110 valence electrons. The van der Waals surface area contributed by atoms with Crippen LogP contribution in [0.1, 0.15) is 18.5 Å². The number of rotatable bonds is 4. The van der Waals surface area contributed by atoms with Crippen molar-refractivity contribution in [3.63, 3.8) is 0 Å². The molecule has 0 aliphatic rings. The van der Waals surface area contributed by atoms with E-state index in [4.69, 9.17) is 10.5 Å². The van der Waals surface area contributed by atoms with Gasteiger partial charge in [-0.3, -0.25) is 10.1 Å². The van der Waals surface area contributed by atoms with Crippen molar-refractivity contribution in [2.45, 2.75) is 13.0 Å². The van der Waals surface area contributed by atoms with Gasteiger partial charge in [-0.2, -0.15) is 0 Å². The normalized spacial score (nSPS) is 12.0. The van der Waals surface area contributed by atoms with Crippen LogP contribution in [0.4, 0.5) is 10.1 Å². The monoisotopic (exact) mass is 354 g/mol. The van der Waals surface area contributed by atoms with Crippen LogP contribution in [-0.2, 0) is 0 Å². The van der Waals surface area contributed by atoms with Gasteiger partial charge in [-0.05, 0) is 19.1 Å². The van der Waals surface area contributed by atoms with Crippen molar-refractivity contribution in [2.24, 2.45) is 5.73 Å². The Morgan fingerprint density at radius 3 is 2.71 bits per heavy atom. The van der Waals surface area contributed by atoms with Gasteiger partial charge in [0.25, 0.3) is 5.69 Å². The molecule has 2 N–H and O–H groups in total. The molecule has 21 heavy (non-hydrogen) atoms. The van der Waals surface area contributed by atoms with Gasteiger partial charge in [0.05, 0.1) is 11.0 Å². The van der Waals surface area contributed by atoms with E-state index in [2.05, 4.69) is 15.9 Å². The standard InChI is InChI=1S/C14H12BrFN2O3/c1-8(17)12-3-2-4-13(16)14(12)21-11-6-9(15)5-10(7-11)18(19)20/h2-8H,17H2,1H3. The average molecular weight is 355 g/mol. The molecule has 7 heteroatoms. The Balaban J connectivity index is 2.45. The molecular weight excluding hydrogens is 343 g/mol. The Kier molecular flexibility index (Phi) is 4.54. The first-order valence-electron chi connectivity index (χ1n) is 6.05. The van der Waals surface area contributed by atoms with Gasteiger partial charge >= 0.3 is 0 Å². The minimum atomic E-state index is -0.576. The molecule has 1 atom stereocenters. The fourth-order valence-electron chi connectivity index (χ4n) is 1.82. The molecular formula is C14H12BrFN2O3. The SMILES string of the molecule is CC(N)c1cccc(F)c1Oc1cc(Br)cc([N+](=O)[O-])c1. The van der Waals surface area contributed by atoms with Crippen LogP contribution in [0.25, 0.3) is 0 Å². The van der Waals surface area contributed by atoms with E-state index in [1.54, 1.807) is 13.0 Å². The molecule has 5 nitrogen and oxygen atoms in total. The lowest BCUT2D eigenvalue weighted by atomic mass is 10.1. The second kappa shape index (κ2) is 6.19. The summed E-state index contributed by atoms with van der Waals surface area (Å²) < 4.78 is 19.9. The summed E-state index contributed by atoms with van der Waals surface area (Å²) in [6.45, 7) is 1.70.